The Bertz CT molecular complexity index is 233. The largest absolute Gasteiger partial charge is 0.310 e. The van der Waals surface area contributed by atoms with Gasteiger partial charge in [-0.05, 0) is 31.6 Å². The van der Waals surface area contributed by atoms with Gasteiger partial charge in [0.05, 0.1) is 0 Å². The predicted octanol–water partition coefficient (Wildman–Crippen LogP) is 3.42. The average molecular weight is 252 g/mol. The van der Waals surface area contributed by atoms with E-state index in [2.05, 4.69) is 31.0 Å². The van der Waals surface area contributed by atoms with E-state index in [1.165, 1.54) is 58.0 Å². The summed E-state index contributed by atoms with van der Waals surface area (Å²) in [6.07, 6.45) is 10.1. The van der Waals surface area contributed by atoms with Gasteiger partial charge in [0.1, 0.15) is 0 Å². The molecule has 2 unspecified atom stereocenters. The monoisotopic (exact) mass is 252 g/mol. The maximum Gasteiger partial charge on any atom is 0.0209 e. The molecule has 1 heterocycles. The Kier molecular flexibility index (Phi) is 5.50. The van der Waals surface area contributed by atoms with Crippen molar-refractivity contribution in [2.45, 2.75) is 83.8 Å². The highest BCUT2D eigenvalue weighted by atomic mass is 15.2. The molecule has 0 radical (unpaired) electrons. The lowest BCUT2D eigenvalue weighted by Crippen LogP contribution is -2.43. The van der Waals surface area contributed by atoms with E-state index in [1.807, 2.05) is 0 Å². The van der Waals surface area contributed by atoms with Crippen LogP contribution in [0, 0.1) is 5.92 Å². The fourth-order valence-electron chi connectivity index (χ4n) is 4.10. The highest BCUT2D eigenvalue weighted by molar-refractivity contribution is 4.89. The minimum Gasteiger partial charge on any atom is -0.310 e. The van der Waals surface area contributed by atoms with Crippen LogP contribution in [0.5, 0.6) is 0 Å². The number of hydrogen-bond acceptors (Lipinski definition) is 2. The lowest BCUT2D eigenvalue weighted by molar-refractivity contribution is 0.135. The fraction of sp³-hybridized carbons (Fsp3) is 1.00. The Labute approximate surface area is 114 Å². The molecule has 2 fully saturated rings. The van der Waals surface area contributed by atoms with Gasteiger partial charge in [-0.15, -0.1) is 0 Å². The van der Waals surface area contributed by atoms with E-state index in [4.69, 9.17) is 0 Å². The first-order chi connectivity index (χ1) is 8.70. The Morgan fingerprint density at radius 1 is 1.11 bits per heavy atom. The number of hydrogen-bond donors (Lipinski definition) is 1. The van der Waals surface area contributed by atoms with Gasteiger partial charge in [-0.1, -0.05) is 40.0 Å². The molecule has 2 atom stereocenters. The van der Waals surface area contributed by atoms with Crippen LogP contribution in [-0.4, -0.2) is 36.1 Å². The van der Waals surface area contributed by atoms with Crippen LogP contribution in [-0.2, 0) is 0 Å². The molecule has 18 heavy (non-hydrogen) atoms. The van der Waals surface area contributed by atoms with Crippen molar-refractivity contribution < 1.29 is 0 Å². The first kappa shape index (κ1) is 14.3. The van der Waals surface area contributed by atoms with E-state index in [1.54, 1.807) is 0 Å². The summed E-state index contributed by atoms with van der Waals surface area (Å²) in [5.41, 5.74) is 0. The van der Waals surface area contributed by atoms with Crippen molar-refractivity contribution >= 4 is 0 Å². The van der Waals surface area contributed by atoms with Gasteiger partial charge in [-0.3, -0.25) is 4.90 Å². The van der Waals surface area contributed by atoms with E-state index in [-0.39, 0.29) is 0 Å². The van der Waals surface area contributed by atoms with Crippen LogP contribution < -0.4 is 5.32 Å². The van der Waals surface area contributed by atoms with Crippen molar-refractivity contribution in [2.75, 3.05) is 13.1 Å². The second-order valence-electron chi connectivity index (χ2n) is 6.68. The van der Waals surface area contributed by atoms with Gasteiger partial charge in [-0.25, -0.2) is 0 Å². The lowest BCUT2D eigenvalue weighted by Gasteiger charge is -2.36. The van der Waals surface area contributed by atoms with E-state index < -0.39 is 0 Å². The molecule has 0 spiro atoms. The second-order valence-corrected chi connectivity index (χ2v) is 6.68. The Hall–Kier alpha value is -0.0800. The van der Waals surface area contributed by atoms with Crippen molar-refractivity contribution in [3.8, 4) is 0 Å². The molecule has 0 bridgehead atoms. The molecule has 0 aromatic heterocycles. The van der Waals surface area contributed by atoms with Crippen molar-refractivity contribution in [1.29, 1.82) is 0 Å². The molecule has 1 N–H and O–H groups in total. The van der Waals surface area contributed by atoms with Crippen LogP contribution in [0.1, 0.15) is 65.7 Å². The zero-order valence-electron chi connectivity index (χ0n) is 12.6. The molecule has 0 aromatic rings. The van der Waals surface area contributed by atoms with Gasteiger partial charge in [0.15, 0.2) is 0 Å². The minimum absolute atomic E-state index is 0.629. The van der Waals surface area contributed by atoms with Crippen LogP contribution >= 0.6 is 0 Å². The topological polar surface area (TPSA) is 15.3 Å². The summed E-state index contributed by atoms with van der Waals surface area (Å²) in [5, 5.41) is 3.71. The summed E-state index contributed by atoms with van der Waals surface area (Å²) in [7, 11) is 0. The molecule has 0 aromatic carbocycles. The SMILES string of the molecule is CCC(C1CCCCC1)N1CCC(NC(C)C)C1. The van der Waals surface area contributed by atoms with E-state index in [0.29, 0.717) is 6.04 Å². The van der Waals surface area contributed by atoms with Gasteiger partial charge < -0.3 is 5.32 Å². The standard InChI is InChI=1S/C16H32N2/c1-4-16(14-8-6-5-7-9-14)18-11-10-15(12-18)17-13(2)3/h13-17H,4-12H2,1-3H3. The Morgan fingerprint density at radius 3 is 2.44 bits per heavy atom. The summed E-state index contributed by atoms with van der Waals surface area (Å²) in [6.45, 7) is 9.53. The number of rotatable bonds is 5. The summed E-state index contributed by atoms with van der Waals surface area (Å²) in [6, 6.07) is 2.23. The van der Waals surface area contributed by atoms with E-state index >= 15 is 0 Å². The Morgan fingerprint density at radius 2 is 1.83 bits per heavy atom. The van der Waals surface area contributed by atoms with Crippen LogP contribution in [0.25, 0.3) is 0 Å². The van der Waals surface area contributed by atoms with Gasteiger partial charge >= 0.3 is 0 Å². The molecule has 0 amide bonds. The first-order valence-electron chi connectivity index (χ1n) is 8.20. The maximum atomic E-state index is 3.71. The highest BCUT2D eigenvalue weighted by Gasteiger charge is 2.32. The van der Waals surface area contributed by atoms with Gasteiger partial charge in [0.25, 0.3) is 0 Å². The molecule has 106 valence electrons. The quantitative estimate of drug-likeness (QED) is 0.806. The molecular weight excluding hydrogens is 220 g/mol. The normalized spacial score (nSPS) is 29.0. The third kappa shape index (κ3) is 3.71. The highest BCUT2D eigenvalue weighted by Crippen LogP contribution is 2.32. The first-order valence-corrected chi connectivity index (χ1v) is 8.20. The van der Waals surface area contributed by atoms with Crippen LogP contribution in [0.15, 0.2) is 0 Å². The van der Waals surface area contributed by atoms with Crippen LogP contribution in [0.2, 0.25) is 0 Å². The molecular formula is C16H32N2. The molecule has 1 saturated carbocycles. The third-order valence-corrected chi connectivity index (χ3v) is 4.87. The molecule has 1 aliphatic carbocycles. The second kappa shape index (κ2) is 6.91. The molecule has 2 heteroatoms. The minimum atomic E-state index is 0.629. The van der Waals surface area contributed by atoms with Crippen LogP contribution in [0.3, 0.4) is 0 Å². The summed E-state index contributed by atoms with van der Waals surface area (Å²) < 4.78 is 0. The zero-order valence-corrected chi connectivity index (χ0v) is 12.6. The molecule has 1 saturated heterocycles. The van der Waals surface area contributed by atoms with Gasteiger partial charge in [0.2, 0.25) is 0 Å². The average Bonchev–Trinajstić information content (AvgIpc) is 2.79. The van der Waals surface area contributed by atoms with Crippen LogP contribution in [0.4, 0.5) is 0 Å². The molecule has 2 rings (SSSR count). The van der Waals surface area contributed by atoms with Gasteiger partial charge in [0, 0.05) is 31.2 Å². The number of nitrogens with zero attached hydrogens (tertiary/aromatic N) is 1. The third-order valence-electron chi connectivity index (χ3n) is 4.87. The summed E-state index contributed by atoms with van der Waals surface area (Å²) in [4.78, 5) is 2.79. The molecule has 2 nitrogen and oxygen atoms in total. The number of nitrogens with one attached hydrogen (secondary N) is 1. The summed E-state index contributed by atoms with van der Waals surface area (Å²) >= 11 is 0. The fourth-order valence-corrected chi connectivity index (χ4v) is 4.10. The lowest BCUT2D eigenvalue weighted by atomic mass is 9.82. The van der Waals surface area contributed by atoms with Crippen molar-refractivity contribution in [3.63, 3.8) is 0 Å². The Balaban J connectivity index is 1.85. The molecule has 1 aliphatic heterocycles. The van der Waals surface area contributed by atoms with Crippen molar-refractivity contribution in [3.05, 3.63) is 0 Å². The zero-order chi connectivity index (χ0) is 13.0. The van der Waals surface area contributed by atoms with E-state index in [0.717, 1.165) is 18.0 Å². The molecule has 2 aliphatic rings. The maximum absolute atomic E-state index is 3.71. The smallest absolute Gasteiger partial charge is 0.0209 e. The number of likely N-dealkylation sites (tertiary alicyclic amines) is 1. The van der Waals surface area contributed by atoms with E-state index in [9.17, 15) is 0 Å². The predicted molar refractivity (Wildman–Crippen MR) is 78.9 cm³/mol. The van der Waals surface area contributed by atoms with Crippen molar-refractivity contribution in [2.24, 2.45) is 5.92 Å². The van der Waals surface area contributed by atoms with Crippen molar-refractivity contribution in [1.82, 2.24) is 10.2 Å². The summed E-state index contributed by atoms with van der Waals surface area (Å²) in [5.74, 6) is 0.988. The van der Waals surface area contributed by atoms with Gasteiger partial charge in [-0.2, -0.15) is 0 Å².